The lowest BCUT2D eigenvalue weighted by Crippen LogP contribution is -2.00. The van der Waals surface area contributed by atoms with Gasteiger partial charge >= 0.3 is 0 Å². The molecule has 0 bridgehead atoms. The molecule has 1 saturated heterocycles. The number of ether oxygens (including phenoxy) is 1. The van der Waals surface area contributed by atoms with Crippen LogP contribution < -0.4 is 5.32 Å². The van der Waals surface area contributed by atoms with Crippen LogP contribution in [0.1, 0.15) is 23.6 Å². The summed E-state index contributed by atoms with van der Waals surface area (Å²) >= 11 is 3.50. The average Bonchev–Trinajstić information content (AvgIpc) is 2.99. The van der Waals surface area contributed by atoms with Gasteiger partial charge in [-0.25, -0.2) is 9.97 Å². The van der Waals surface area contributed by atoms with Gasteiger partial charge in [0, 0.05) is 18.2 Å². The minimum absolute atomic E-state index is 0.539. The van der Waals surface area contributed by atoms with E-state index in [0.717, 1.165) is 41.3 Å². The van der Waals surface area contributed by atoms with Crippen molar-refractivity contribution in [3.63, 3.8) is 0 Å². The molecule has 1 aromatic carbocycles. The molecule has 1 aliphatic rings. The summed E-state index contributed by atoms with van der Waals surface area (Å²) in [5.74, 6) is 1.33. The van der Waals surface area contributed by atoms with Gasteiger partial charge in [0.15, 0.2) is 0 Å². The summed E-state index contributed by atoms with van der Waals surface area (Å²) in [5.41, 5.74) is 3.28. The van der Waals surface area contributed by atoms with E-state index in [0.29, 0.717) is 5.92 Å². The molecule has 20 heavy (non-hydrogen) atoms. The summed E-state index contributed by atoms with van der Waals surface area (Å²) in [6.07, 6.45) is 2.68. The van der Waals surface area contributed by atoms with E-state index >= 15 is 0 Å². The molecule has 0 saturated carbocycles. The van der Waals surface area contributed by atoms with Crippen LogP contribution in [0.4, 0.5) is 11.5 Å². The van der Waals surface area contributed by atoms with Crippen molar-refractivity contribution >= 4 is 27.4 Å². The predicted octanol–water partition coefficient (Wildman–Crippen LogP) is 3.80. The van der Waals surface area contributed by atoms with E-state index < -0.39 is 0 Å². The highest BCUT2D eigenvalue weighted by Gasteiger charge is 2.17. The number of aryl methyl sites for hydroxylation is 1. The average molecular weight is 334 g/mol. The number of benzene rings is 1. The van der Waals surface area contributed by atoms with Crippen molar-refractivity contribution in [2.45, 2.75) is 19.3 Å². The smallest absolute Gasteiger partial charge is 0.148 e. The number of anilines is 2. The highest BCUT2D eigenvalue weighted by Crippen LogP contribution is 2.28. The van der Waals surface area contributed by atoms with Crippen LogP contribution in [0.2, 0.25) is 0 Å². The molecule has 2 aromatic rings. The molecule has 1 unspecified atom stereocenters. The van der Waals surface area contributed by atoms with Crippen LogP contribution in [-0.4, -0.2) is 23.2 Å². The Kier molecular flexibility index (Phi) is 3.98. The largest absolute Gasteiger partial charge is 0.381 e. The van der Waals surface area contributed by atoms with E-state index in [-0.39, 0.29) is 0 Å². The van der Waals surface area contributed by atoms with Gasteiger partial charge in [0.2, 0.25) is 0 Å². The van der Waals surface area contributed by atoms with Gasteiger partial charge in [-0.2, -0.15) is 0 Å². The quantitative estimate of drug-likeness (QED) is 0.928. The normalized spacial score (nSPS) is 18.2. The topological polar surface area (TPSA) is 47.0 Å². The Balaban J connectivity index is 1.76. The van der Waals surface area contributed by atoms with Crippen LogP contribution in [0.25, 0.3) is 0 Å². The van der Waals surface area contributed by atoms with Crippen LogP contribution in [0.15, 0.2) is 35.1 Å². The maximum Gasteiger partial charge on any atom is 0.148 e. The molecular weight excluding hydrogens is 318 g/mol. The van der Waals surface area contributed by atoms with E-state index in [1.165, 1.54) is 5.56 Å². The lowest BCUT2D eigenvalue weighted by molar-refractivity contribution is 0.194. The fraction of sp³-hybridized carbons (Fsp3) is 0.333. The number of rotatable bonds is 3. The number of halogens is 1. The molecule has 2 heterocycles. The van der Waals surface area contributed by atoms with Gasteiger partial charge in [0.1, 0.15) is 12.1 Å². The van der Waals surface area contributed by atoms with Gasteiger partial charge in [0.25, 0.3) is 0 Å². The fourth-order valence-electron chi connectivity index (χ4n) is 2.32. The van der Waals surface area contributed by atoms with Crippen LogP contribution >= 0.6 is 15.9 Å². The maximum atomic E-state index is 5.43. The zero-order valence-electron chi connectivity index (χ0n) is 11.3. The number of aromatic nitrogens is 2. The summed E-state index contributed by atoms with van der Waals surface area (Å²) in [7, 11) is 0. The molecule has 1 N–H and O–H groups in total. The first-order valence-corrected chi connectivity index (χ1v) is 7.45. The Labute approximate surface area is 126 Å². The number of hydrogen-bond donors (Lipinski definition) is 1. The molecule has 5 heteroatoms. The van der Waals surface area contributed by atoms with Gasteiger partial charge in [-0.05, 0) is 47.0 Å². The Morgan fingerprint density at radius 1 is 1.25 bits per heavy atom. The van der Waals surface area contributed by atoms with Crippen molar-refractivity contribution in [3.8, 4) is 0 Å². The van der Waals surface area contributed by atoms with Crippen molar-refractivity contribution in [1.29, 1.82) is 0 Å². The zero-order chi connectivity index (χ0) is 13.9. The predicted molar refractivity (Wildman–Crippen MR) is 82.4 cm³/mol. The highest BCUT2D eigenvalue weighted by atomic mass is 79.9. The lowest BCUT2D eigenvalue weighted by Gasteiger charge is -2.11. The van der Waals surface area contributed by atoms with Crippen molar-refractivity contribution in [1.82, 2.24) is 9.97 Å². The van der Waals surface area contributed by atoms with Gasteiger partial charge in [0.05, 0.1) is 16.8 Å². The molecule has 0 aliphatic carbocycles. The monoisotopic (exact) mass is 333 g/mol. The fourth-order valence-corrected chi connectivity index (χ4v) is 2.62. The van der Waals surface area contributed by atoms with Crippen LogP contribution in [0, 0.1) is 6.92 Å². The Morgan fingerprint density at radius 2 is 2.05 bits per heavy atom. The highest BCUT2D eigenvalue weighted by molar-refractivity contribution is 9.10. The first kappa shape index (κ1) is 13.5. The molecule has 0 spiro atoms. The summed E-state index contributed by atoms with van der Waals surface area (Å²) in [5, 5.41) is 3.30. The molecule has 0 amide bonds. The van der Waals surface area contributed by atoms with Gasteiger partial charge in [-0.15, -0.1) is 0 Å². The summed E-state index contributed by atoms with van der Waals surface area (Å²) < 4.78 is 6.32. The lowest BCUT2D eigenvalue weighted by atomic mass is 9.98. The third-order valence-corrected chi connectivity index (χ3v) is 4.49. The zero-order valence-corrected chi connectivity index (χ0v) is 12.9. The minimum Gasteiger partial charge on any atom is -0.381 e. The third-order valence-electron chi connectivity index (χ3n) is 3.54. The Morgan fingerprint density at radius 3 is 2.75 bits per heavy atom. The van der Waals surface area contributed by atoms with Gasteiger partial charge in [-0.3, -0.25) is 0 Å². The van der Waals surface area contributed by atoms with Crippen LogP contribution in [0.5, 0.6) is 0 Å². The minimum atomic E-state index is 0.539. The van der Waals surface area contributed by atoms with Gasteiger partial charge in [-0.1, -0.05) is 12.1 Å². The molecule has 1 aliphatic heterocycles. The molecular formula is C15H16BrN3O. The number of nitrogens with zero attached hydrogens (tertiary/aromatic N) is 2. The second-order valence-corrected chi connectivity index (χ2v) is 5.72. The molecule has 1 fully saturated rings. The summed E-state index contributed by atoms with van der Waals surface area (Å²) in [4.78, 5) is 8.38. The van der Waals surface area contributed by atoms with Crippen LogP contribution in [0.3, 0.4) is 0 Å². The maximum absolute atomic E-state index is 5.43. The van der Waals surface area contributed by atoms with Crippen molar-refractivity contribution in [2.24, 2.45) is 0 Å². The van der Waals surface area contributed by atoms with Crippen LogP contribution in [-0.2, 0) is 4.74 Å². The second kappa shape index (κ2) is 5.89. The Bertz CT molecular complexity index is 595. The van der Waals surface area contributed by atoms with Crippen molar-refractivity contribution in [2.75, 3.05) is 18.5 Å². The van der Waals surface area contributed by atoms with Crippen molar-refractivity contribution < 1.29 is 4.74 Å². The van der Waals surface area contributed by atoms with Crippen molar-refractivity contribution in [3.05, 3.63) is 46.3 Å². The first-order chi connectivity index (χ1) is 9.74. The molecule has 1 aromatic heterocycles. The second-order valence-electron chi connectivity index (χ2n) is 4.93. The van der Waals surface area contributed by atoms with E-state index in [1.54, 1.807) is 6.33 Å². The molecule has 4 nitrogen and oxygen atoms in total. The van der Waals surface area contributed by atoms with Gasteiger partial charge < -0.3 is 10.1 Å². The third kappa shape index (κ3) is 2.83. The summed E-state index contributed by atoms with van der Waals surface area (Å²) in [6, 6.07) is 8.47. The SMILES string of the molecule is Cc1ncnc(Nc2ccc(C3CCOC3)cc2)c1Br. The standard InChI is InChI=1S/C15H16BrN3O/c1-10-14(16)15(18-9-17-10)19-13-4-2-11(3-5-13)12-6-7-20-8-12/h2-5,9,12H,6-8H2,1H3,(H,17,18,19). The molecule has 1 atom stereocenters. The van der Waals surface area contributed by atoms with E-state index in [1.807, 2.05) is 6.92 Å². The van der Waals surface area contributed by atoms with E-state index in [9.17, 15) is 0 Å². The Hall–Kier alpha value is -1.46. The van der Waals surface area contributed by atoms with E-state index in [2.05, 4.69) is 55.5 Å². The first-order valence-electron chi connectivity index (χ1n) is 6.66. The molecule has 0 radical (unpaired) electrons. The summed E-state index contributed by atoms with van der Waals surface area (Å²) in [6.45, 7) is 3.65. The number of nitrogens with one attached hydrogen (secondary N) is 1. The van der Waals surface area contributed by atoms with E-state index in [4.69, 9.17) is 4.74 Å². The number of hydrogen-bond acceptors (Lipinski definition) is 4. The molecule has 104 valence electrons. The molecule has 3 rings (SSSR count).